The van der Waals surface area contributed by atoms with Crippen LogP contribution >= 0.6 is 0 Å². The smallest absolute Gasteiger partial charge is 0.348 e. The molecule has 0 fully saturated rings. The summed E-state index contributed by atoms with van der Waals surface area (Å²) in [5, 5.41) is 16.4. The fourth-order valence-corrected chi connectivity index (χ4v) is 1.00. The van der Waals surface area contributed by atoms with E-state index in [2.05, 4.69) is 9.47 Å². The zero-order valence-electron chi connectivity index (χ0n) is 9.14. The summed E-state index contributed by atoms with van der Waals surface area (Å²) in [6, 6.07) is 0. The van der Waals surface area contributed by atoms with Gasteiger partial charge in [-0.1, -0.05) is 13.3 Å². The Labute approximate surface area is 94.3 Å². The van der Waals surface area contributed by atoms with Crippen LogP contribution < -0.4 is 0 Å². The van der Waals surface area contributed by atoms with E-state index in [-0.39, 0.29) is 13.2 Å². The Balaban J connectivity index is 3.88. The van der Waals surface area contributed by atoms with Crippen LogP contribution in [0, 0.1) is 23.0 Å². The molecule has 1 atom stereocenters. The van der Waals surface area contributed by atoms with Gasteiger partial charge in [0.05, 0.1) is 0 Å². The minimum absolute atomic E-state index is 0.00922. The molecule has 0 radical (unpaired) electrons. The number of rotatable bonds is 8. The average Bonchev–Trinajstić information content (AvgIpc) is 2.29. The van der Waals surface area contributed by atoms with Crippen molar-refractivity contribution in [2.24, 2.45) is 0 Å². The van der Waals surface area contributed by atoms with Crippen molar-refractivity contribution in [2.45, 2.75) is 32.3 Å². The molecule has 1 unspecified atom stereocenters. The first-order valence-electron chi connectivity index (χ1n) is 4.98. The number of hydrogen-bond donors (Lipinski definition) is 0. The van der Waals surface area contributed by atoms with Crippen LogP contribution in [0.2, 0.25) is 0 Å². The Hall–Kier alpha value is -1.95. The summed E-state index contributed by atoms with van der Waals surface area (Å²) >= 11 is 0. The zero-order valence-corrected chi connectivity index (χ0v) is 9.14. The maximum atomic E-state index is 11.4. The highest BCUT2D eigenvalue weighted by Crippen LogP contribution is 2.06. The van der Waals surface area contributed by atoms with Crippen molar-refractivity contribution in [1.82, 2.24) is 0 Å². The standard InChI is InChI=1S/C10H14N2O4/c1-2-3-4-9(16-8-12)10(13)15-6-5-14-7-11/h9H,2-6H2,1H3. The highest BCUT2D eigenvalue weighted by molar-refractivity contribution is 5.74. The van der Waals surface area contributed by atoms with Gasteiger partial charge in [0.2, 0.25) is 6.10 Å². The fraction of sp³-hybridized carbons (Fsp3) is 0.700. The van der Waals surface area contributed by atoms with Crippen LogP contribution in [0.15, 0.2) is 0 Å². The van der Waals surface area contributed by atoms with Crippen molar-refractivity contribution in [1.29, 1.82) is 10.5 Å². The van der Waals surface area contributed by atoms with Gasteiger partial charge in [-0.05, 0) is 12.8 Å². The summed E-state index contributed by atoms with van der Waals surface area (Å²) in [5.41, 5.74) is 0. The lowest BCUT2D eigenvalue weighted by atomic mass is 10.1. The second-order valence-electron chi connectivity index (χ2n) is 2.95. The van der Waals surface area contributed by atoms with Gasteiger partial charge in [-0.15, -0.1) is 0 Å². The number of nitriles is 2. The van der Waals surface area contributed by atoms with E-state index in [0.29, 0.717) is 6.42 Å². The molecule has 88 valence electrons. The summed E-state index contributed by atoms with van der Waals surface area (Å²) in [6.45, 7) is 1.95. The summed E-state index contributed by atoms with van der Waals surface area (Å²) in [6.07, 6.45) is 4.19. The molecule has 0 heterocycles. The summed E-state index contributed by atoms with van der Waals surface area (Å²) in [5.74, 6) is -0.600. The van der Waals surface area contributed by atoms with Crippen LogP contribution in [-0.4, -0.2) is 25.3 Å². The predicted molar refractivity (Wildman–Crippen MR) is 52.5 cm³/mol. The maximum Gasteiger partial charge on any atom is 0.348 e. The van der Waals surface area contributed by atoms with Crippen LogP contribution in [0.3, 0.4) is 0 Å². The van der Waals surface area contributed by atoms with E-state index in [1.54, 1.807) is 0 Å². The van der Waals surface area contributed by atoms with Gasteiger partial charge in [-0.2, -0.15) is 10.5 Å². The number of nitrogens with zero attached hydrogens (tertiary/aromatic N) is 2. The van der Waals surface area contributed by atoms with Gasteiger partial charge in [0.25, 0.3) is 12.5 Å². The van der Waals surface area contributed by atoms with E-state index in [0.717, 1.165) is 12.8 Å². The third kappa shape index (κ3) is 6.50. The molecule has 16 heavy (non-hydrogen) atoms. The van der Waals surface area contributed by atoms with Crippen LogP contribution in [0.4, 0.5) is 0 Å². The van der Waals surface area contributed by atoms with Crippen molar-refractivity contribution in [3.63, 3.8) is 0 Å². The van der Waals surface area contributed by atoms with Gasteiger partial charge in [-0.25, -0.2) is 4.79 Å². The molecule has 0 rings (SSSR count). The largest absolute Gasteiger partial charge is 0.459 e. The molecule has 0 saturated carbocycles. The Morgan fingerprint density at radius 3 is 2.62 bits per heavy atom. The topological polar surface area (TPSA) is 92.3 Å². The van der Waals surface area contributed by atoms with Crippen molar-refractivity contribution < 1.29 is 19.0 Å². The third-order valence-corrected chi connectivity index (χ3v) is 1.77. The van der Waals surface area contributed by atoms with Gasteiger partial charge in [0.1, 0.15) is 13.2 Å². The molecule has 0 aliphatic carbocycles. The van der Waals surface area contributed by atoms with E-state index in [1.165, 1.54) is 12.5 Å². The van der Waals surface area contributed by atoms with Crippen molar-refractivity contribution in [2.75, 3.05) is 13.2 Å². The van der Waals surface area contributed by atoms with Gasteiger partial charge < -0.3 is 14.2 Å². The fourth-order valence-electron chi connectivity index (χ4n) is 1.00. The molecule has 0 amide bonds. The predicted octanol–water partition coefficient (Wildman–Crippen LogP) is 1.08. The molecular formula is C10H14N2O4. The molecule has 0 aliphatic rings. The molecular weight excluding hydrogens is 212 g/mol. The van der Waals surface area contributed by atoms with Gasteiger partial charge >= 0.3 is 5.97 Å². The minimum Gasteiger partial charge on any atom is -0.459 e. The monoisotopic (exact) mass is 226 g/mol. The molecule has 6 heteroatoms. The van der Waals surface area contributed by atoms with E-state index in [1.807, 2.05) is 6.92 Å². The van der Waals surface area contributed by atoms with Gasteiger partial charge in [0, 0.05) is 0 Å². The number of carbonyl (C=O) groups is 1. The molecule has 0 aromatic carbocycles. The second-order valence-corrected chi connectivity index (χ2v) is 2.95. The lowest BCUT2D eigenvalue weighted by Crippen LogP contribution is -2.26. The normalized spacial score (nSPS) is 10.7. The Morgan fingerprint density at radius 1 is 1.31 bits per heavy atom. The number of esters is 1. The number of carbonyl (C=O) groups excluding carboxylic acids is 1. The van der Waals surface area contributed by atoms with Crippen molar-refractivity contribution >= 4 is 5.97 Å². The molecule has 0 spiro atoms. The highest BCUT2D eigenvalue weighted by Gasteiger charge is 2.20. The number of unbranched alkanes of at least 4 members (excludes halogenated alkanes) is 1. The molecule has 0 aliphatic heterocycles. The summed E-state index contributed by atoms with van der Waals surface area (Å²) < 4.78 is 13.7. The molecule has 6 nitrogen and oxygen atoms in total. The average molecular weight is 226 g/mol. The SMILES string of the molecule is CCCCC(OC#N)C(=O)OCCOC#N. The van der Waals surface area contributed by atoms with E-state index in [9.17, 15) is 4.79 Å². The summed E-state index contributed by atoms with van der Waals surface area (Å²) in [7, 11) is 0. The zero-order chi connectivity index (χ0) is 12.2. The van der Waals surface area contributed by atoms with Crippen LogP contribution in [-0.2, 0) is 19.0 Å². The van der Waals surface area contributed by atoms with Crippen LogP contribution in [0.25, 0.3) is 0 Å². The molecule has 0 bridgehead atoms. The lowest BCUT2D eigenvalue weighted by Gasteiger charge is -2.12. The molecule has 0 aromatic rings. The third-order valence-electron chi connectivity index (χ3n) is 1.77. The highest BCUT2D eigenvalue weighted by atomic mass is 16.6. The first-order valence-corrected chi connectivity index (χ1v) is 4.98. The number of ether oxygens (including phenoxy) is 3. The van der Waals surface area contributed by atoms with E-state index < -0.39 is 12.1 Å². The van der Waals surface area contributed by atoms with Gasteiger partial charge in [0.15, 0.2) is 0 Å². The van der Waals surface area contributed by atoms with Gasteiger partial charge in [-0.3, -0.25) is 0 Å². The van der Waals surface area contributed by atoms with Crippen molar-refractivity contribution in [3.8, 4) is 12.5 Å². The Bertz CT molecular complexity index is 280. The lowest BCUT2D eigenvalue weighted by molar-refractivity contribution is -0.154. The summed E-state index contributed by atoms with van der Waals surface area (Å²) in [4.78, 5) is 11.4. The molecule has 0 aromatic heterocycles. The Kier molecular flexibility index (Phi) is 8.43. The molecule has 0 saturated heterocycles. The first kappa shape index (κ1) is 14.1. The minimum atomic E-state index is -0.855. The molecule has 0 N–H and O–H groups in total. The first-order chi connectivity index (χ1) is 7.76. The maximum absolute atomic E-state index is 11.4. The Morgan fingerprint density at radius 2 is 2.06 bits per heavy atom. The van der Waals surface area contributed by atoms with E-state index >= 15 is 0 Å². The second kappa shape index (κ2) is 9.60. The number of hydrogen-bond acceptors (Lipinski definition) is 6. The quantitative estimate of drug-likeness (QED) is 0.349. The van der Waals surface area contributed by atoms with E-state index in [4.69, 9.17) is 15.3 Å². The van der Waals surface area contributed by atoms with Crippen molar-refractivity contribution in [3.05, 3.63) is 0 Å². The van der Waals surface area contributed by atoms with Crippen LogP contribution in [0.5, 0.6) is 0 Å². The van der Waals surface area contributed by atoms with Crippen LogP contribution in [0.1, 0.15) is 26.2 Å².